The van der Waals surface area contributed by atoms with E-state index in [0.29, 0.717) is 16.9 Å². The summed E-state index contributed by atoms with van der Waals surface area (Å²) in [4.78, 5) is 43.0. The highest BCUT2D eigenvalue weighted by Gasteiger charge is 2.33. The Morgan fingerprint density at radius 3 is 2.33 bits per heavy atom. The molecule has 4 rings (SSSR count). The molecule has 0 unspecified atom stereocenters. The molecular weight excluding hydrogens is 400 g/mol. The summed E-state index contributed by atoms with van der Waals surface area (Å²) in [5, 5.41) is 5.87. The lowest BCUT2D eigenvalue weighted by Crippen LogP contribution is -2.25. The van der Waals surface area contributed by atoms with Gasteiger partial charge in [0.05, 0.1) is 0 Å². The van der Waals surface area contributed by atoms with E-state index >= 15 is 0 Å². The summed E-state index contributed by atoms with van der Waals surface area (Å²) in [6, 6.07) is 15.9. The Morgan fingerprint density at radius 1 is 0.967 bits per heavy atom. The SMILES string of the molecule is O=C(C[C@H]1SC(N2CCCC2)=NC1=O)Nc1ccc(C(=O)Nc2ccccc2)cc1. The Bertz CT molecular complexity index is 970. The Balaban J connectivity index is 1.29. The number of aliphatic imine (C=N–C) groups is 1. The third-order valence-corrected chi connectivity index (χ3v) is 6.15. The molecule has 0 bridgehead atoms. The summed E-state index contributed by atoms with van der Waals surface area (Å²) < 4.78 is 0. The quantitative estimate of drug-likeness (QED) is 0.771. The second-order valence-corrected chi connectivity index (χ2v) is 8.35. The first kappa shape index (κ1) is 20.2. The van der Waals surface area contributed by atoms with Gasteiger partial charge in [0.25, 0.3) is 11.8 Å². The molecule has 1 fully saturated rings. The predicted molar refractivity (Wildman–Crippen MR) is 119 cm³/mol. The zero-order chi connectivity index (χ0) is 20.9. The fraction of sp³-hybridized carbons (Fsp3) is 0.273. The van der Waals surface area contributed by atoms with Crippen molar-refractivity contribution in [2.24, 2.45) is 4.99 Å². The first-order valence-electron chi connectivity index (χ1n) is 9.89. The van der Waals surface area contributed by atoms with E-state index in [-0.39, 0.29) is 24.1 Å². The van der Waals surface area contributed by atoms with Crippen LogP contribution in [0.4, 0.5) is 11.4 Å². The predicted octanol–water partition coefficient (Wildman–Crippen LogP) is 3.36. The lowest BCUT2D eigenvalue weighted by Gasteiger charge is -2.16. The summed E-state index contributed by atoms with van der Waals surface area (Å²) in [6.07, 6.45) is 2.29. The van der Waals surface area contributed by atoms with E-state index in [9.17, 15) is 14.4 Å². The van der Waals surface area contributed by atoms with Gasteiger partial charge in [-0.1, -0.05) is 30.0 Å². The Hall–Kier alpha value is -3.13. The molecule has 0 spiro atoms. The Labute approximate surface area is 178 Å². The number of rotatable bonds is 5. The lowest BCUT2D eigenvalue weighted by atomic mass is 10.2. The van der Waals surface area contributed by atoms with E-state index in [0.717, 1.165) is 31.1 Å². The Kier molecular flexibility index (Phi) is 6.13. The van der Waals surface area contributed by atoms with Crippen molar-refractivity contribution in [3.8, 4) is 0 Å². The molecule has 0 aliphatic carbocycles. The molecular formula is C22H22N4O3S. The minimum atomic E-state index is -0.475. The van der Waals surface area contributed by atoms with Crippen LogP contribution < -0.4 is 10.6 Å². The number of benzene rings is 2. The van der Waals surface area contributed by atoms with Crippen LogP contribution in [0.15, 0.2) is 59.6 Å². The zero-order valence-corrected chi connectivity index (χ0v) is 17.2. The number of hydrogen-bond acceptors (Lipinski definition) is 5. The van der Waals surface area contributed by atoms with Crippen LogP contribution in [0.25, 0.3) is 0 Å². The van der Waals surface area contributed by atoms with Gasteiger partial charge in [0.1, 0.15) is 5.25 Å². The molecule has 2 aliphatic heterocycles. The van der Waals surface area contributed by atoms with Crippen LogP contribution in [0.5, 0.6) is 0 Å². The average Bonchev–Trinajstić information content (AvgIpc) is 3.40. The van der Waals surface area contributed by atoms with E-state index in [2.05, 4.69) is 20.5 Å². The summed E-state index contributed by atoms with van der Waals surface area (Å²) in [5.41, 5.74) is 1.78. The third kappa shape index (κ3) is 4.88. The van der Waals surface area contributed by atoms with E-state index in [1.54, 1.807) is 24.3 Å². The maximum absolute atomic E-state index is 12.4. The van der Waals surface area contributed by atoms with Gasteiger partial charge >= 0.3 is 0 Å². The monoisotopic (exact) mass is 422 g/mol. The van der Waals surface area contributed by atoms with Gasteiger partial charge in [-0.2, -0.15) is 4.99 Å². The molecule has 0 aromatic heterocycles. The van der Waals surface area contributed by atoms with Gasteiger partial charge in [0, 0.05) is 36.4 Å². The van der Waals surface area contributed by atoms with Crippen LogP contribution in [0.3, 0.4) is 0 Å². The summed E-state index contributed by atoms with van der Waals surface area (Å²) >= 11 is 1.37. The number of para-hydroxylation sites is 1. The van der Waals surface area contributed by atoms with Gasteiger partial charge in [0.2, 0.25) is 5.91 Å². The number of carbonyl (C=O) groups excluding carboxylic acids is 3. The number of nitrogens with one attached hydrogen (secondary N) is 2. The molecule has 8 heteroatoms. The standard InChI is InChI=1S/C22H22N4O3S/c27-19(14-18-21(29)25-22(30-18)26-12-4-5-13-26)23-17-10-8-15(9-11-17)20(28)24-16-6-2-1-3-7-16/h1-3,6-11,18H,4-5,12-14H2,(H,23,27)(H,24,28)/t18-/m1/s1. The number of anilines is 2. The number of carbonyl (C=O) groups is 3. The number of amidine groups is 1. The molecule has 2 N–H and O–H groups in total. The molecule has 2 aromatic carbocycles. The van der Waals surface area contributed by atoms with Crippen molar-refractivity contribution in [2.45, 2.75) is 24.5 Å². The van der Waals surface area contributed by atoms with Crippen molar-refractivity contribution >= 4 is 46.0 Å². The molecule has 30 heavy (non-hydrogen) atoms. The first-order valence-corrected chi connectivity index (χ1v) is 10.8. The van der Waals surface area contributed by atoms with Gasteiger partial charge in [0.15, 0.2) is 5.17 Å². The maximum atomic E-state index is 12.4. The van der Waals surface area contributed by atoms with Crippen molar-refractivity contribution in [1.29, 1.82) is 0 Å². The number of hydrogen-bond donors (Lipinski definition) is 2. The minimum Gasteiger partial charge on any atom is -0.351 e. The number of thioether (sulfide) groups is 1. The molecule has 1 atom stereocenters. The number of likely N-dealkylation sites (tertiary alicyclic amines) is 1. The maximum Gasteiger partial charge on any atom is 0.262 e. The number of amides is 3. The minimum absolute atomic E-state index is 0.0700. The fourth-order valence-corrected chi connectivity index (χ4v) is 4.48. The molecule has 7 nitrogen and oxygen atoms in total. The normalized spacial score (nSPS) is 18.3. The van der Waals surface area contributed by atoms with Crippen LogP contribution >= 0.6 is 11.8 Å². The van der Waals surface area contributed by atoms with Crippen LogP contribution in [-0.2, 0) is 9.59 Å². The van der Waals surface area contributed by atoms with Crippen LogP contribution in [0.1, 0.15) is 29.6 Å². The number of nitrogens with zero attached hydrogens (tertiary/aromatic N) is 2. The average molecular weight is 423 g/mol. The summed E-state index contributed by atoms with van der Waals surface area (Å²) in [5.74, 6) is -0.719. The van der Waals surface area contributed by atoms with E-state index in [4.69, 9.17) is 0 Å². The van der Waals surface area contributed by atoms with Crippen molar-refractivity contribution in [1.82, 2.24) is 4.90 Å². The highest BCUT2D eigenvalue weighted by Crippen LogP contribution is 2.29. The van der Waals surface area contributed by atoms with Crippen molar-refractivity contribution in [3.63, 3.8) is 0 Å². The highest BCUT2D eigenvalue weighted by molar-refractivity contribution is 8.15. The van der Waals surface area contributed by atoms with Gasteiger partial charge in [-0.15, -0.1) is 0 Å². The van der Waals surface area contributed by atoms with E-state index in [1.165, 1.54) is 11.8 Å². The van der Waals surface area contributed by atoms with Gasteiger partial charge < -0.3 is 15.5 Å². The molecule has 2 aliphatic rings. The van der Waals surface area contributed by atoms with Crippen LogP contribution in [0, 0.1) is 0 Å². The van der Waals surface area contributed by atoms with Gasteiger partial charge in [-0.25, -0.2) is 0 Å². The smallest absolute Gasteiger partial charge is 0.262 e. The molecule has 0 radical (unpaired) electrons. The van der Waals surface area contributed by atoms with Crippen molar-refractivity contribution < 1.29 is 14.4 Å². The van der Waals surface area contributed by atoms with Crippen molar-refractivity contribution in [2.75, 3.05) is 23.7 Å². The van der Waals surface area contributed by atoms with Crippen LogP contribution in [-0.4, -0.2) is 46.1 Å². The largest absolute Gasteiger partial charge is 0.351 e. The molecule has 3 amide bonds. The molecule has 154 valence electrons. The first-order chi connectivity index (χ1) is 14.6. The van der Waals surface area contributed by atoms with Crippen molar-refractivity contribution in [3.05, 3.63) is 60.2 Å². The van der Waals surface area contributed by atoms with Crippen LogP contribution in [0.2, 0.25) is 0 Å². The van der Waals surface area contributed by atoms with E-state index in [1.807, 2.05) is 30.3 Å². The molecule has 0 saturated carbocycles. The van der Waals surface area contributed by atoms with Gasteiger partial charge in [-0.05, 0) is 49.2 Å². The second kappa shape index (κ2) is 9.13. The zero-order valence-electron chi connectivity index (χ0n) is 16.3. The molecule has 2 heterocycles. The summed E-state index contributed by atoms with van der Waals surface area (Å²) in [6.45, 7) is 1.84. The second-order valence-electron chi connectivity index (χ2n) is 7.18. The third-order valence-electron chi connectivity index (χ3n) is 4.94. The fourth-order valence-electron chi connectivity index (χ4n) is 3.36. The molecule has 2 aromatic rings. The molecule has 1 saturated heterocycles. The van der Waals surface area contributed by atoms with Gasteiger partial charge in [-0.3, -0.25) is 14.4 Å². The topological polar surface area (TPSA) is 90.9 Å². The van der Waals surface area contributed by atoms with E-state index < -0.39 is 5.25 Å². The Morgan fingerprint density at radius 2 is 1.63 bits per heavy atom. The highest BCUT2D eigenvalue weighted by atomic mass is 32.2. The lowest BCUT2D eigenvalue weighted by molar-refractivity contribution is -0.121. The summed E-state index contributed by atoms with van der Waals surface area (Å²) in [7, 11) is 0.